The third-order valence-electron chi connectivity index (χ3n) is 6.48. The van der Waals surface area contributed by atoms with Crippen molar-refractivity contribution in [3.63, 3.8) is 0 Å². The third-order valence-corrected chi connectivity index (χ3v) is 6.48. The van der Waals surface area contributed by atoms with Gasteiger partial charge in [0.25, 0.3) is 11.8 Å². The number of likely N-dealkylation sites (tertiary alicyclic amines) is 2. The molecule has 2 aromatic rings. The first-order valence-corrected chi connectivity index (χ1v) is 11.8. The van der Waals surface area contributed by atoms with Gasteiger partial charge in [-0.2, -0.15) is 0 Å². The lowest BCUT2D eigenvalue weighted by Crippen LogP contribution is -2.76. The Morgan fingerprint density at radius 2 is 1.58 bits per heavy atom. The maximum atomic E-state index is 13.2. The number of rotatable bonds is 7. The summed E-state index contributed by atoms with van der Waals surface area (Å²) >= 11 is 0. The van der Waals surface area contributed by atoms with Crippen LogP contribution in [-0.2, 0) is 32.3 Å². The number of alkyl carbamates (subject to hydrolysis) is 1. The van der Waals surface area contributed by atoms with Crippen molar-refractivity contribution in [1.82, 2.24) is 15.1 Å². The number of amides is 4. The summed E-state index contributed by atoms with van der Waals surface area (Å²) < 4.78 is 10.5. The largest absolute Gasteiger partial charge is 0.445 e. The molecule has 3 atom stereocenters. The summed E-state index contributed by atoms with van der Waals surface area (Å²) in [4.78, 5) is 53.6. The number of β-lactam (4-membered cyclic amide) rings is 1. The number of carbonyl (C=O) groups excluding carboxylic acids is 4. The Bertz CT molecular complexity index is 1100. The number of nitrogens with one attached hydrogen (secondary N) is 1. The molecule has 190 valence electrons. The van der Waals surface area contributed by atoms with Gasteiger partial charge in [-0.1, -0.05) is 60.7 Å². The molecular weight excluding hydrogens is 466 g/mol. The number of carbonyl (C=O) groups is 4. The molecule has 2 saturated heterocycles. The Labute approximate surface area is 208 Å². The second-order valence-corrected chi connectivity index (χ2v) is 8.98. The van der Waals surface area contributed by atoms with Gasteiger partial charge in [0.1, 0.15) is 24.8 Å². The Kier molecular flexibility index (Phi) is 7.54. The highest BCUT2D eigenvalue weighted by Crippen LogP contribution is 2.39. The predicted molar refractivity (Wildman–Crippen MR) is 127 cm³/mol. The van der Waals surface area contributed by atoms with Crippen LogP contribution in [0, 0.1) is 0 Å². The molecule has 0 saturated carbocycles. The quantitative estimate of drug-likeness (QED) is 0.564. The summed E-state index contributed by atoms with van der Waals surface area (Å²) in [5.74, 6) is -1.31. The standard InChI is InChI=1S/C26H29N3O7/c1-18(30)21(27-24(33)35-15-19-9-4-2-5-10-19)22(31)28-17-26(23(28)32)13-8-14-29(26)25(34)36-16-20-11-6-3-7-12-20/h2-7,9-12,18,21,30H,8,13-17H2,1H3,(H,27,33)/t18?,21?,26-/m0/s1. The Morgan fingerprint density at radius 1 is 1.00 bits per heavy atom. The van der Waals surface area contributed by atoms with E-state index in [1.54, 1.807) is 24.3 Å². The summed E-state index contributed by atoms with van der Waals surface area (Å²) in [6.45, 7) is 1.70. The van der Waals surface area contributed by atoms with Gasteiger partial charge in [-0.05, 0) is 30.9 Å². The monoisotopic (exact) mass is 495 g/mol. The third kappa shape index (κ3) is 5.18. The van der Waals surface area contributed by atoms with E-state index in [1.807, 2.05) is 36.4 Å². The first-order chi connectivity index (χ1) is 17.3. The lowest BCUT2D eigenvalue weighted by Gasteiger charge is -2.50. The number of aliphatic hydroxyl groups is 1. The molecule has 36 heavy (non-hydrogen) atoms. The van der Waals surface area contributed by atoms with Crippen molar-refractivity contribution < 1.29 is 33.8 Å². The molecule has 0 radical (unpaired) electrons. The smallest absolute Gasteiger partial charge is 0.411 e. The van der Waals surface area contributed by atoms with E-state index in [0.717, 1.165) is 16.0 Å². The molecule has 2 aliphatic heterocycles. The van der Waals surface area contributed by atoms with Crippen molar-refractivity contribution in [2.75, 3.05) is 13.1 Å². The summed E-state index contributed by atoms with van der Waals surface area (Å²) in [7, 11) is 0. The SMILES string of the molecule is CC(O)C(NC(=O)OCc1ccccc1)C(=O)N1C[C@@]2(CCCN2C(=O)OCc2ccccc2)C1=O. The summed E-state index contributed by atoms with van der Waals surface area (Å²) in [5.41, 5.74) is 0.425. The molecular formula is C26H29N3O7. The van der Waals surface area contributed by atoms with Crippen LogP contribution >= 0.6 is 0 Å². The maximum absolute atomic E-state index is 13.2. The van der Waals surface area contributed by atoms with E-state index in [4.69, 9.17) is 9.47 Å². The number of ether oxygens (including phenoxy) is 2. The normalized spacial score (nSPS) is 20.4. The Morgan fingerprint density at radius 3 is 2.14 bits per heavy atom. The molecule has 10 nitrogen and oxygen atoms in total. The average Bonchev–Trinajstić information content (AvgIpc) is 3.35. The highest BCUT2D eigenvalue weighted by Gasteiger charge is 2.62. The number of nitrogens with zero attached hydrogens (tertiary/aromatic N) is 2. The number of aliphatic hydroxyl groups excluding tert-OH is 1. The van der Waals surface area contributed by atoms with Crippen molar-refractivity contribution in [3.05, 3.63) is 71.8 Å². The van der Waals surface area contributed by atoms with Crippen LogP contribution in [0.5, 0.6) is 0 Å². The highest BCUT2D eigenvalue weighted by molar-refractivity contribution is 6.09. The molecule has 1 spiro atoms. The molecule has 2 fully saturated rings. The lowest BCUT2D eigenvalue weighted by atomic mass is 9.85. The van der Waals surface area contributed by atoms with E-state index in [0.29, 0.717) is 19.4 Å². The highest BCUT2D eigenvalue weighted by atomic mass is 16.6. The molecule has 2 unspecified atom stereocenters. The van der Waals surface area contributed by atoms with E-state index >= 15 is 0 Å². The molecule has 2 aliphatic rings. The van der Waals surface area contributed by atoms with Gasteiger partial charge < -0.3 is 19.9 Å². The van der Waals surface area contributed by atoms with E-state index in [9.17, 15) is 24.3 Å². The number of hydrogen-bond acceptors (Lipinski definition) is 7. The maximum Gasteiger partial charge on any atom is 0.411 e. The van der Waals surface area contributed by atoms with Gasteiger partial charge in [-0.3, -0.25) is 19.4 Å². The van der Waals surface area contributed by atoms with E-state index in [-0.39, 0.29) is 19.8 Å². The molecule has 2 N–H and O–H groups in total. The molecule has 0 bridgehead atoms. The molecule has 10 heteroatoms. The van der Waals surface area contributed by atoms with E-state index < -0.39 is 41.7 Å². The van der Waals surface area contributed by atoms with Crippen LogP contribution in [0.25, 0.3) is 0 Å². The summed E-state index contributed by atoms with van der Waals surface area (Å²) in [5, 5.41) is 12.5. The van der Waals surface area contributed by atoms with Crippen LogP contribution in [0.1, 0.15) is 30.9 Å². The minimum atomic E-state index is -1.38. The molecule has 0 aromatic heterocycles. The van der Waals surface area contributed by atoms with Crippen LogP contribution in [0.15, 0.2) is 60.7 Å². The van der Waals surface area contributed by atoms with Gasteiger partial charge in [0.15, 0.2) is 0 Å². The van der Waals surface area contributed by atoms with Crippen LogP contribution in [0.2, 0.25) is 0 Å². The fourth-order valence-corrected chi connectivity index (χ4v) is 4.52. The minimum absolute atomic E-state index is 0.0147. The fourth-order valence-electron chi connectivity index (χ4n) is 4.52. The zero-order valence-corrected chi connectivity index (χ0v) is 20.0. The zero-order chi connectivity index (χ0) is 25.7. The number of imide groups is 1. The van der Waals surface area contributed by atoms with Crippen LogP contribution in [0.3, 0.4) is 0 Å². The number of hydrogen-bond donors (Lipinski definition) is 2. The van der Waals surface area contributed by atoms with Gasteiger partial charge >= 0.3 is 12.2 Å². The van der Waals surface area contributed by atoms with Crippen LogP contribution < -0.4 is 5.32 Å². The Balaban J connectivity index is 1.35. The molecule has 4 amide bonds. The van der Waals surface area contributed by atoms with Gasteiger partial charge in [0.2, 0.25) is 0 Å². The summed E-state index contributed by atoms with van der Waals surface area (Å²) in [6.07, 6.45) is -1.79. The lowest BCUT2D eigenvalue weighted by molar-refractivity contribution is -0.170. The Hall–Kier alpha value is -3.92. The van der Waals surface area contributed by atoms with Crippen molar-refractivity contribution in [2.45, 2.75) is 50.7 Å². The predicted octanol–water partition coefficient (Wildman–Crippen LogP) is 2.20. The molecule has 2 aromatic carbocycles. The van der Waals surface area contributed by atoms with Gasteiger partial charge in [-0.25, -0.2) is 9.59 Å². The van der Waals surface area contributed by atoms with Crippen molar-refractivity contribution >= 4 is 24.0 Å². The molecule has 2 heterocycles. The van der Waals surface area contributed by atoms with E-state index in [1.165, 1.54) is 11.8 Å². The second-order valence-electron chi connectivity index (χ2n) is 8.98. The zero-order valence-electron chi connectivity index (χ0n) is 20.0. The van der Waals surface area contributed by atoms with Gasteiger partial charge in [0.05, 0.1) is 12.6 Å². The average molecular weight is 496 g/mol. The number of benzene rings is 2. The van der Waals surface area contributed by atoms with Crippen LogP contribution in [-0.4, -0.2) is 69.7 Å². The summed E-state index contributed by atoms with van der Waals surface area (Å²) in [6, 6.07) is 16.8. The fraction of sp³-hybridized carbons (Fsp3) is 0.385. The van der Waals surface area contributed by atoms with Crippen LogP contribution in [0.4, 0.5) is 9.59 Å². The van der Waals surface area contributed by atoms with Crippen molar-refractivity contribution in [3.8, 4) is 0 Å². The topological polar surface area (TPSA) is 125 Å². The van der Waals surface area contributed by atoms with Gasteiger partial charge in [-0.15, -0.1) is 0 Å². The van der Waals surface area contributed by atoms with Crippen molar-refractivity contribution in [2.24, 2.45) is 0 Å². The first-order valence-electron chi connectivity index (χ1n) is 11.8. The van der Waals surface area contributed by atoms with Crippen molar-refractivity contribution in [1.29, 1.82) is 0 Å². The second kappa shape index (κ2) is 10.8. The van der Waals surface area contributed by atoms with Gasteiger partial charge in [0, 0.05) is 6.54 Å². The minimum Gasteiger partial charge on any atom is -0.445 e. The molecule has 4 rings (SSSR count). The van der Waals surface area contributed by atoms with E-state index in [2.05, 4.69) is 5.32 Å². The molecule has 0 aliphatic carbocycles. The first kappa shape index (κ1) is 25.2.